The number of hydrogen-bond acceptors (Lipinski definition) is 5. The Hall–Kier alpha value is -4.40. The summed E-state index contributed by atoms with van der Waals surface area (Å²) in [5.74, 6) is 0.357. The van der Waals surface area contributed by atoms with Crippen molar-refractivity contribution >= 4 is 28.7 Å². The van der Waals surface area contributed by atoms with E-state index in [0.717, 1.165) is 16.8 Å². The van der Waals surface area contributed by atoms with E-state index in [1.165, 1.54) is 0 Å². The molecule has 162 valence electrons. The minimum atomic E-state index is -1.14. The fourth-order valence-electron chi connectivity index (χ4n) is 3.62. The number of nitrogens with one attached hydrogen (secondary N) is 3. The van der Waals surface area contributed by atoms with Gasteiger partial charge < -0.3 is 26.5 Å². The number of anilines is 1. The fraction of sp³-hybridized carbons (Fsp3) is 0.130. The first-order valence-electron chi connectivity index (χ1n) is 9.96. The van der Waals surface area contributed by atoms with Crippen molar-refractivity contribution in [2.45, 2.75) is 20.0 Å². The predicted molar refractivity (Wildman–Crippen MR) is 121 cm³/mol. The molecule has 6 N–H and O–H groups in total. The van der Waals surface area contributed by atoms with Crippen molar-refractivity contribution < 1.29 is 14.7 Å². The number of amides is 2. The second-order valence-corrected chi connectivity index (χ2v) is 7.28. The molecular weight excluding hydrogens is 408 g/mol. The summed E-state index contributed by atoms with van der Waals surface area (Å²) in [6.07, 6.45) is 0.443. The van der Waals surface area contributed by atoms with Crippen LogP contribution in [-0.4, -0.2) is 32.1 Å². The molecule has 0 saturated heterocycles. The Balaban J connectivity index is 1.79. The van der Waals surface area contributed by atoms with E-state index in [1.54, 1.807) is 18.3 Å². The highest BCUT2D eigenvalue weighted by atomic mass is 16.4. The van der Waals surface area contributed by atoms with E-state index in [4.69, 9.17) is 15.8 Å². The summed E-state index contributed by atoms with van der Waals surface area (Å²) in [6.45, 7) is 2.42. The van der Waals surface area contributed by atoms with Crippen LogP contribution in [0, 0.1) is 6.92 Å². The molecule has 4 rings (SSSR count). The van der Waals surface area contributed by atoms with Gasteiger partial charge >= 0.3 is 6.09 Å². The average molecular weight is 430 g/mol. The maximum atomic E-state index is 12.0. The smallest absolute Gasteiger partial charge is 0.404 e. The van der Waals surface area contributed by atoms with Crippen molar-refractivity contribution in [3.63, 3.8) is 0 Å². The average Bonchev–Trinajstić information content (AvgIpc) is 3.12. The lowest BCUT2D eigenvalue weighted by Crippen LogP contribution is -2.21. The Bertz CT molecular complexity index is 1300. The number of fused-ring (bicyclic) bond motifs is 1. The Morgan fingerprint density at radius 3 is 2.59 bits per heavy atom. The summed E-state index contributed by atoms with van der Waals surface area (Å²) in [5, 5.41) is 15.3. The van der Waals surface area contributed by atoms with Crippen molar-refractivity contribution in [2.24, 2.45) is 5.73 Å². The standard InChI is InChI=1S/C23H22N6O3/c1-13-18(19-16(20(24)30)8-5-9-17(19)28-13)22-26-11-15(12-27-23(31)32)21(29-22)25-10-14-6-3-2-4-7-14/h2-9,11,27-28H,10,12H2,1H3,(H2,24,30)(H,31,32)(H,25,26,29). The minimum absolute atomic E-state index is 0.0478. The zero-order valence-corrected chi connectivity index (χ0v) is 17.3. The number of aromatic nitrogens is 3. The van der Waals surface area contributed by atoms with E-state index in [2.05, 4.69) is 20.6 Å². The number of carbonyl (C=O) groups is 2. The van der Waals surface area contributed by atoms with Gasteiger partial charge in [-0.15, -0.1) is 0 Å². The van der Waals surface area contributed by atoms with E-state index < -0.39 is 12.0 Å². The van der Waals surface area contributed by atoms with Crippen LogP contribution in [0.15, 0.2) is 54.7 Å². The number of nitrogens with zero attached hydrogens (tertiary/aromatic N) is 2. The summed E-state index contributed by atoms with van der Waals surface area (Å²) >= 11 is 0. The molecule has 0 aliphatic heterocycles. The second-order valence-electron chi connectivity index (χ2n) is 7.28. The zero-order valence-electron chi connectivity index (χ0n) is 17.3. The largest absolute Gasteiger partial charge is 0.465 e. The van der Waals surface area contributed by atoms with Gasteiger partial charge in [-0.1, -0.05) is 36.4 Å². The molecule has 9 nitrogen and oxygen atoms in total. The Kier molecular flexibility index (Phi) is 5.71. The third kappa shape index (κ3) is 4.22. The van der Waals surface area contributed by atoms with Gasteiger partial charge in [0.2, 0.25) is 5.91 Å². The molecule has 0 atom stereocenters. The lowest BCUT2D eigenvalue weighted by Gasteiger charge is -2.13. The molecule has 0 radical (unpaired) electrons. The summed E-state index contributed by atoms with van der Waals surface area (Å²) in [4.78, 5) is 35.4. The van der Waals surface area contributed by atoms with Crippen molar-refractivity contribution in [1.82, 2.24) is 20.3 Å². The van der Waals surface area contributed by atoms with Crippen LogP contribution in [0.25, 0.3) is 22.3 Å². The predicted octanol–water partition coefficient (Wildman–Crippen LogP) is 3.41. The first-order chi connectivity index (χ1) is 15.4. The number of aromatic amines is 1. The SMILES string of the molecule is Cc1[nH]c2cccc(C(N)=O)c2c1-c1ncc(CNC(=O)O)c(NCc2ccccc2)n1. The number of primary amides is 1. The maximum Gasteiger partial charge on any atom is 0.404 e. The highest BCUT2D eigenvalue weighted by Crippen LogP contribution is 2.33. The molecule has 4 aromatic rings. The molecule has 2 amide bonds. The molecule has 2 aromatic heterocycles. The summed E-state index contributed by atoms with van der Waals surface area (Å²) < 4.78 is 0. The van der Waals surface area contributed by atoms with Crippen LogP contribution in [0.2, 0.25) is 0 Å². The molecule has 32 heavy (non-hydrogen) atoms. The molecule has 0 aliphatic rings. The fourth-order valence-corrected chi connectivity index (χ4v) is 3.62. The third-order valence-electron chi connectivity index (χ3n) is 5.10. The third-order valence-corrected chi connectivity index (χ3v) is 5.10. The molecule has 2 heterocycles. The van der Waals surface area contributed by atoms with Crippen LogP contribution in [-0.2, 0) is 13.1 Å². The lowest BCUT2D eigenvalue weighted by molar-refractivity contribution is 0.100. The molecule has 0 spiro atoms. The van der Waals surface area contributed by atoms with Crippen LogP contribution in [0.1, 0.15) is 27.2 Å². The van der Waals surface area contributed by atoms with E-state index in [-0.39, 0.29) is 6.54 Å². The van der Waals surface area contributed by atoms with Crippen LogP contribution >= 0.6 is 0 Å². The molecule has 2 aromatic carbocycles. The number of nitrogens with two attached hydrogens (primary N) is 1. The minimum Gasteiger partial charge on any atom is -0.465 e. The maximum absolute atomic E-state index is 12.0. The van der Waals surface area contributed by atoms with Crippen molar-refractivity contribution in [3.05, 3.63) is 77.1 Å². The number of aryl methyl sites for hydroxylation is 1. The van der Waals surface area contributed by atoms with E-state index in [9.17, 15) is 9.59 Å². The summed E-state index contributed by atoms with van der Waals surface area (Å²) in [7, 11) is 0. The molecular formula is C23H22N6O3. The van der Waals surface area contributed by atoms with E-state index in [0.29, 0.717) is 40.3 Å². The molecule has 9 heteroatoms. The number of hydrogen-bond donors (Lipinski definition) is 5. The Morgan fingerprint density at radius 2 is 1.88 bits per heavy atom. The van der Waals surface area contributed by atoms with Gasteiger partial charge in [0.15, 0.2) is 5.82 Å². The number of rotatable bonds is 7. The van der Waals surface area contributed by atoms with Gasteiger partial charge in [0, 0.05) is 46.0 Å². The quantitative estimate of drug-likeness (QED) is 0.304. The van der Waals surface area contributed by atoms with E-state index in [1.807, 2.05) is 43.3 Å². The topological polar surface area (TPSA) is 146 Å². The number of carbonyl (C=O) groups excluding carboxylic acids is 1. The zero-order chi connectivity index (χ0) is 22.7. The molecule has 0 unspecified atom stereocenters. The first kappa shape index (κ1) is 20.9. The van der Waals surface area contributed by atoms with Crippen LogP contribution in [0.3, 0.4) is 0 Å². The van der Waals surface area contributed by atoms with Crippen molar-refractivity contribution in [2.75, 3.05) is 5.32 Å². The second kappa shape index (κ2) is 8.76. The number of H-pyrrole nitrogens is 1. The highest BCUT2D eigenvalue weighted by Gasteiger charge is 2.20. The van der Waals surface area contributed by atoms with Crippen LogP contribution in [0.5, 0.6) is 0 Å². The van der Waals surface area contributed by atoms with E-state index >= 15 is 0 Å². The van der Waals surface area contributed by atoms with Gasteiger partial charge in [0.1, 0.15) is 5.82 Å². The van der Waals surface area contributed by atoms with Gasteiger partial charge in [-0.2, -0.15) is 0 Å². The normalized spacial score (nSPS) is 10.8. The molecule has 0 bridgehead atoms. The van der Waals surface area contributed by atoms with Crippen LogP contribution in [0.4, 0.5) is 10.6 Å². The van der Waals surface area contributed by atoms with Gasteiger partial charge in [-0.05, 0) is 24.6 Å². The molecule has 0 aliphatic carbocycles. The van der Waals surface area contributed by atoms with Crippen LogP contribution < -0.4 is 16.4 Å². The van der Waals surface area contributed by atoms with Gasteiger partial charge in [0.25, 0.3) is 0 Å². The Labute approximate surface area is 183 Å². The van der Waals surface area contributed by atoms with Gasteiger partial charge in [0.05, 0.1) is 6.54 Å². The summed E-state index contributed by atoms with van der Waals surface area (Å²) in [6, 6.07) is 15.1. The molecule has 0 fully saturated rings. The van der Waals surface area contributed by atoms with Crippen molar-refractivity contribution in [1.29, 1.82) is 0 Å². The summed E-state index contributed by atoms with van der Waals surface area (Å²) in [5.41, 5.74) is 9.84. The van der Waals surface area contributed by atoms with Crippen molar-refractivity contribution in [3.8, 4) is 11.4 Å². The highest BCUT2D eigenvalue weighted by molar-refractivity contribution is 6.11. The van der Waals surface area contributed by atoms with Gasteiger partial charge in [-0.25, -0.2) is 14.8 Å². The van der Waals surface area contributed by atoms with Gasteiger partial charge in [-0.3, -0.25) is 4.79 Å². The Morgan fingerprint density at radius 1 is 1.09 bits per heavy atom. The number of benzene rings is 2. The molecule has 0 saturated carbocycles. The first-order valence-corrected chi connectivity index (χ1v) is 9.96. The number of carboxylic acid groups (broad SMARTS) is 1. The monoisotopic (exact) mass is 430 g/mol. The lowest BCUT2D eigenvalue weighted by atomic mass is 10.0.